The van der Waals surface area contributed by atoms with Crippen LogP contribution in [0.4, 0.5) is 0 Å². The maximum absolute atomic E-state index is 13.4. The van der Waals surface area contributed by atoms with Crippen molar-refractivity contribution in [3.63, 3.8) is 0 Å². The fraction of sp³-hybridized carbons (Fsp3) is 0.827. The molecule has 3 aliphatic rings. The lowest BCUT2D eigenvalue weighted by molar-refractivity contribution is -0.379. The maximum atomic E-state index is 13.4. The van der Waals surface area contributed by atoms with E-state index in [0.717, 1.165) is 89.9 Å². The van der Waals surface area contributed by atoms with Gasteiger partial charge >= 0.3 is 0 Å². The molecule has 3 aliphatic heterocycles. The number of unbranched alkanes of at least 4 members (excludes halogenated alkanes) is 31. The van der Waals surface area contributed by atoms with Gasteiger partial charge in [-0.25, -0.2) is 0 Å². The SMILES string of the molecule is CC/C=C\C/C=C\C/C=C\C/C=C\C/C=C\CCCCCCCC(=O)NC(COC1OC(CO)C(OC2OC(CO)C(OC3OC(CO)C(O)C(O)C3O)C(O)C2O)C(O)C1O)C(O)/C=C/CCCCCCCCCCCCCCCCCCCCCCCCCCCC. The Morgan fingerprint density at radius 2 is 0.734 bits per heavy atom. The molecule has 0 spiro atoms. The van der Waals surface area contributed by atoms with Crippen LogP contribution >= 0.6 is 0 Å². The number of allylic oxidation sites excluding steroid dienone is 11. The number of ether oxygens (including phenoxy) is 6. The summed E-state index contributed by atoms with van der Waals surface area (Å²) in [6.45, 7) is 1.62. The van der Waals surface area contributed by atoms with Gasteiger partial charge in [-0.2, -0.15) is 0 Å². The number of carbonyl (C=O) groups excluding carboxylic acids is 1. The fourth-order valence-electron chi connectivity index (χ4n) is 12.3. The minimum Gasteiger partial charge on any atom is -0.394 e. The van der Waals surface area contributed by atoms with E-state index in [1.807, 2.05) is 6.08 Å². The lowest BCUT2D eigenvalue weighted by Crippen LogP contribution is -2.66. The summed E-state index contributed by atoms with van der Waals surface area (Å²) in [6, 6.07) is -0.989. The fourth-order valence-corrected chi connectivity index (χ4v) is 12.3. The largest absolute Gasteiger partial charge is 0.394 e. The first-order chi connectivity index (χ1) is 45.8. The topological polar surface area (TPSA) is 307 Å². The summed E-state index contributed by atoms with van der Waals surface area (Å²) in [5, 5.41) is 121. The van der Waals surface area contributed by atoms with E-state index in [1.165, 1.54) is 148 Å². The van der Waals surface area contributed by atoms with Crippen LogP contribution in [0.3, 0.4) is 0 Å². The normalized spacial score (nSPS) is 27.8. The average Bonchev–Trinajstić information content (AvgIpc) is 0.787. The van der Waals surface area contributed by atoms with E-state index < -0.39 is 124 Å². The highest BCUT2D eigenvalue weighted by Gasteiger charge is 2.53. The third-order valence-corrected chi connectivity index (χ3v) is 18.3. The van der Waals surface area contributed by atoms with Crippen LogP contribution < -0.4 is 5.32 Å². The Morgan fingerprint density at radius 3 is 1.15 bits per heavy atom. The van der Waals surface area contributed by atoms with Crippen molar-refractivity contribution >= 4 is 5.91 Å². The second-order valence-electron chi connectivity index (χ2n) is 26.4. The number of carbonyl (C=O) groups is 1. The van der Waals surface area contributed by atoms with Gasteiger partial charge in [0.25, 0.3) is 0 Å². The second-order valence-corrected chi connectivity index (χ2v) is 26.4. The Labute approximate surface area is 566 Å². The van der Waals surface area contributed by atoms with Crippen molar-refractivity contribution in [2.75, 3.05) is 26.4 Å². The quantitative estimate of drug-likeness (QED) is 0.0199. The molecule has 3 saturated heterocycles. The van der Waals surface area contributed by atoms with Gasteiger partial charge in [-0.15, -0.1) is 0 Å². The van der Waals surface area contributed by atoms with Gasteiger partial charge in [0.15, 0.2) is 18.9 Å². The number of amides is 1. The van der Waals surface area contributed by atoms with Crippen LogP contribution in [0.15, 0.2) is 72.9 Å². The molecule has 17 unspecified atom stereocenters. The van der Waals surface area contributed by atoms with Crippen molar-refractivity contribution in [1.29, 1.82) is 0 Å². The van der Waals surface area contributed by atoms with E-state index in [9.17, 15) is 61.0 Å². The van der Waals surface area contributed by atoms with Crippen LogP contribution in [-0.4, -0.2) is 193 Å². The molecule has 1 amide bonds. The Hall–Kier alpha value is -2.77. The van der Waals surface area contributed by atoms with Crippen molar-refractivity contribution in [3.8, 4) is 0 Å². The van der Waals surface area contributed by atoms with Crippen molar-refractivity contribution in [1.82, 2.24) is 5.32 Å². The third-order valence-electron chi connectivity index (χ3n) is 18.3. The predicted octanol–water partition coefficient (Wildman–Crippen LogP) is 10.9. The molecule has 0 saturated carbocycles. The van der Waals surface area contributed by atoms with Crippen LogP contribution in [-0.2, 0) is 33.2 Å². The Balaban J connectivity index is 1.42. The molecular weight excluding hydrogens is 1200 g/mol. The Kier molecular flexibility index (Phi) is 50.9. The summed E-state index contributed by atoms with van der Waals surface area (Å²) in [6.07, 6.45) is 44.5. The van der Waals surface area contributed by atoms with Gasteiger partial charge in [0, 0.05) is 6.42 Å². The second kappa shape index (κ2) is 56.0. The van der Waals surface area contributed by atoms with Gasteiger partial charge in [0.2, 0.25) is 5.91 Å². The molecule has 0 aromatic rings. The van der Waals surface area contributed by atoms with Gasteiger partial charge in [-0.3, -0.25) is 4.79 Å². The summed E-state index contributed by atoms with van der Waals surface area (Å²) in [5.41, 5.74) is 0. The molecule has 0 aliphatic carbocycles. The van der Waals surface area contributed by atoms with E-state index in [2.05, 4.69) is 79.9 Å². The van der Waals surface area contributed by atoms with E-state index in [1.54, 1.807) is 6.08 Å². The Bertz CT molecular complexity index is 1980. The maximum Gasteiger partial charge on any atom is 0.220 e. The monoisotopic (exact) mass is 1340 g/mol. The predicted molar refractivity (Wildman–Crippen MR) is 369 cm³/mol. The minimum absolute atomic E-state index is 0.218. The average molecular weight is 1340 g/mol. The summed E-state index contributed by atoms with van der Waals surface area (Å²) >= 11 is 0. The van der Waals surface area contributed by atoms with Crippen molar-refractivity contribution < 1.29 is 89.4 Å². The van der Waals surface area contributed by atoms with Crippen molar-refractivity contribution in [2.24, 2.45) is 0 Å². The lowest BCUT2D eigenvalue weighted by atomic mass is 9.96. The zero-order valence-electron chi connectivity index (χ0n) is 57.9. The highest BCUT2D eigenvalue weighted by molar-refractivity contribution is 5.76. The first-order valence-electron chi connectivity index (χ1n) is 37.2. The van der Waals surface area contributed by atoms with Crippen molar-refractivity contribution in [2.45, 2.75) is 369 Å². The number of rotatable bonds is 57. The third kappa shape index (κ3) is 36.9. The number of nitrogens with one attached hydrogen (secondary N) is 1. The van der Waals surface area contributed by atoms with Crippen LogP contribution in [0, 0.1) is 0 Å². The van der Waals surface area contributed by atoms with E-state index in [-0.39, 0.29) is 18.9 Å². The lowest BCUT2D eigenvalue weighted by Gasteiger charge is -2.48. The van der Waals surface area contributed by atoms with E-state index in [4.69, 9.17) is 28.4 Å². The molecule has 3 fully saturated rings. The zero-order chi connectivity index (χ0) is 68.2. The molecule has 0 aromatic heterocycles. The zero-order valence-corrected chi connectivity index (χ0v) is 57.9. The molecule has 3 rings (SSSR count). The first kappa shape index (κ1) is 85.5. The van der Waals surface area contributed by atoms with Gasteiger partial charge in [0.05, 0.1) is 38.6 Å². The minimum atomic E-state index is -1.98. The molecule has 17 atom stereocenters. The standard InChI is InChI=1S/C75H133NO18/c1-3-5-7-9-11-13-15-17-19-21-23-25-26-27-28-29-30-31-33-34-36-38-40-42-44-46-48-50-52-59(80)58(76-63(81)53-51-49-47-45-43-41-39-37-35-32-24-22-20-18-16-14-12-10-8-6-4-2)57-89-73-69(87)66(84)71(61(55-78)91-73)94-75-70(88)67(85)72(62(56-79)92-75)93-74-68(86)65(83)64(82)60(54-77)90-74/h6,8,12,14,18,20,24,32,37,39,50,52,58-62,64-75,77-80,82-88H,3-5,7,9-11,13,15-17,19,21-23,25-31,33-36,38,40-49,51,53-57H2,1-2H3,(H,76,81)/b8-6-,14-12-,20-18-,32-24-,39-37-,52-50+. The molecule has 19 nitrogen and oxygen atoms in total. The van der Waals surface area contributed by atoms with Gasteiger partial charge in [0.1, 0.15) is 73.2 Å². The molecule has 19 heteroatoms. The molecule has 3 heterocycles. The van der Waals surface area contributed by atoms with E-state index in [0.29, 0.717) is 6.42 Å². The van der Waals surface area contributed by atoms with Crippen LogP contribution in [0.25, 0.3) is 0 Å². The van der Waals surface area contributed by atoms with Crippen LogP contribution in [0.1, 0.15) is 264 Å². The summed E-state index contributed by atoms with van der Waals surface area (Å²) < 4.78 is 34.4. The van der Waals surface area contributed by atoms with Gasteiger partial charge in [-0.05, 0) is 64.2 Å². The highest BCUT2D eigenvalue weighted by Crippen LogP contribution is 2.33. The first-order valence-corrected chi connectivity index (χ1v) is 37.2. The van der Waals surface area contributed by atoms with Crippen LogP contribution in [0.2, 0.25) is 0 Å². The molecule has 0 aromatic carbocycles. The summed E-state index contributed by atoms with van der Waals surface area (Å²) in [5.74, 6) is -0.294. The molecular formula is C75H133NO18. The van der Waals surface area contributed by atoms with Gasteiger partial charge < -0.3 is 89.9 Å². The van der Waals surface area contributed by atoms with Crippen molar-refractivity contribution in [3.05, 3.63) is 72.9 Å². The number of hydrogen-bond donors (Lipinski definition) is 12. The molecule has 12 N–H and O–H groups in total. The Morgan fingerprint density at radius 1 is 0.394 bits per heavy atom. The molecule has 546 valence electrons. The van der Waals surface area contributed by atoms with E-state index >= 15 is 0 Å². The molecule has 94 heavy (non-hydrogen) atoms. The van der Waals surface area contributed by atoms with Gasteiger partial charge in [-0.1, -0.05) is 267 Å². The molecule has 0 radical (unpaired) electrons. The number of aliphatic hydroxyl groups excluding tert-OH is 11. The molecule has 0 bridgehead atoms. The van der Waals surface area contributed by atoms with Crippen LogP contribution in [0.5, 0.6) is 0 Å². The summed E-state index contributed by atoms with van der Waals surface area (Å²) in [7, 11) is 0. The summed E-state index contributed by atoms with van der Waals surface area (Å²) in [4.78, 5) is 13.4. The number of aliphatic hydroxyl groups is 11. The number of hydrogen-bond acceptors (Lipinski definition) is 18. The smallest absolute Gasteiger partial charge is 0.220 e. The highest BCUT2D eigenvalue weighted by atomic mass is 16.8.